The molecule has 1 heteroatoms. The van der Waals surface area contributed by atoms with Crippen molar-refractivity contribution in [1.29, 1.82) is 0 Å². The van der Waals surface area contributed by atoms with Gasteiger partial charge in [0.05, 0.1) is 0 Å². The van der Waals surface area contributed by atoms with Gasteiger partial charge in [0.25, 0.3) is 0 Å². The molecule has 1 nitrogen and oxygen atoms in total. The lowest BCUT2D eigenvalue weighted by molar-refractivity contribution is -0.116. The standard InChI is InChI=1S/C9H14O/c1-2-5-8-6-3-4-7-9(8)10/h5H,2-4,6-7H2,1H3/b8-5-. The van der Waals surface area contributed by atoms with Gasteiger partial charge in [0, 0.05) is 6.42 Å². The highest BCUT2D eigenvalue weighted by Gasteiger charge is 2.13. The molecule has 10 heavy (non-hydrogen) atoms. The van der Waals surface area contributed by atoms with Crippen LogP contribution in [-0.4, -0.2) is 5.78 Å². The number of carbonyl (C=O) groups is 1. The second-order valence-electron chi connectivity index (χ2n) is 2.77. The fourth-order valence-corrected chi connectivity index (χ4v) is 1.36. The Balaban J connectivity index is 2.56. The van der Waals surface area contributed by atoms with Crippen molar-refractivity contribution in [3.05, 3.63) is 11.6 Å². The van der Waals surface area contributed by atoms with Crippen molar-refractivity contribution < 1.29 is 4.79 Å². The highest BCUT2D eigenvalue weighted by Crippen LogP contribution is 2.19. The molecule has 0 aromatic carbocycles. The maximum absolute atomic E-state index is 11.1. The van der Waals surface area contributed by atoms with E-state index in [2.05, 4.69) is 13.0 Å². The topological polar surface area (TPSA) is 17.1 Å². The molecule has 0 spiro atoms. The van der Waals surface area contributed by atoms with E-state index in [0.29, 0.717) is 5.78 Å². The quantitative estimate of drug-likeness (QED) is 0.509. The Morgan fingerprint density at radius 1 is 1.40 bits per heavy atom. The summed E-state index contributed by atoms with van der Waals surface area (Å²) in [6.07, 6.45) is 7.18. The van der Waals surface area contributed by atoms with Crippen molar-refractivity contribution in [3.63, 3.8) is 0 Å². The third-order valence-electron chi connectivity index (χ3n) is 1.91. The van der Waals surface area contributed by atoms with E-state index in [9.17, 15) is 4.79 Å². The largest absolute Gasteiger partial charge is 0.295 e. The molecule has 1 rings (SSSR count). The van der Waals surface area contributed by atoms with E-state index in [1.54, 1.807) is 0 Å². The monoisotopic (exact) mass is 138 g/mol. The molecule has 0 amide bonds. The number of hydrogen-bond donors (Lipinski definition) is 0. The van der Waals surface area contributed by atoms with Gasteiger partial charge < -0.3 is 0 Å². The summed E-state index contributed by atoms with van der Waals surface area (Å²) < 4.78 is 0. The molecule has 1 aliphatic rings. The van der Waals surface area contributed by atoms with Gasteiger partial charge in [-0.15, -0.1) is 0 Å². The number of ketones is 1. The lowest BCUT2D eigenvalue weighted by Gasteiger charge is -2.11. The van der Waals surface area contributed by atoms with E-state index in [-0.39, 0.29) is 0 Å². The van der Waals surface area contributed by atoms with E-state index >= 15 is 0 Å². The molecule has 0 bridgehead atoms. The van der Waals surface area contributed by atoms with Crippen LogP contribution in [0.1, 0.15) is 39.0 Å². The van der Waals surface area contributed by atoms with Crippen molar-refractivity contribution >= 4 is 5.78 Å². The molecule has 1 saturated carbocycles. The van der Waals surface area contributed by atoms with E-state index in [0.717, 1.165) is 31.3 Å². The first-order chi connectivity index (χ1) is 4.84. The van der Waals surface area contributed by atoms with E-state index in [1.165, 1.54) is 6.42 Å². The van der Waals surface area contributed by atoms with Crippen LogP contribution in [0, 0.1) is 0 Å². The number of carbonyl (C=O) groups excluding carboxylic acids is 1. The molecule has 0 atom stereocenters. The molecule has 1 aliphatic carbocycles. The molecular formula is C9H14O. The van der Waals surface area contributed by atoms with Crippen molar-refractivity contribution in [2.45, 2.75) is 39.0 Å². The average Bonchev–Trinajstić information content (AvgIpc) is 1.94. The van der Waals surface area contributed by atoms with Crippen molar-refractivity contribution in [1.82, 2.24) is 0 Å². The predicted molar refractivity (Wildman–Crippen MR) is 41.8 cm³/mol. The minimum Gasteiger partial charge on any atom is -0.295 e. The molecule has 0 N–H and O–H groups in total. The van der Waals surface area contributed by atoms with Crippen LogP contribution in [0.5, 0.6) is 0 Å². The van der Waals surface area contributed by atoms with Gasteiger partial charge in [-0.1, -0.05) is 13.0 Å². The Hall–Kier alpha value is -0.590. The van der Waals surface area contributed by atoms with Gasteiger partial charge in [0.15, 0.2) is 5.78 Å². The van der Waals surface area contributed by atoms with Gasteiger partial charge in [0.2, 0.25) is 0 Å². The third-order valence-corrected chi connectivity index (χ3v) is 1.91. The summed E-state index contributed by atoms with van der Waals surface area (Å²) in [5.74, 6) is 0.383. The predicted octanol–water partition coefficient (Wildman–Crippen LogP) is 2.47. The van der Waals surface area contributed by atoms with Gasteiger partial charge >= 0.3 is 0 Å². The van der Waals surface area contributed by atoms with Crippen molar-refractivity contribution in [2.24, 2.45) is 0 Å². The second kappa shape index (κ2) is 3.55. The first-order valence-electron chi connectivity index (χ1n) is 4.07. The lowest BCUT2D eigenvalue weighted by atomic mass is 9.93. The van der Waals surface area contributed by atoms with Gasteiger partial charge in [-0.25, -0.2) is 0 Å². The van der Waals surface area contributed by atoms with Gasteiger partial charge in [-0.05, 0) is 31.3 Å². The minimum atomic E-state index is 0.383. The van der Waals surface area contributed by atoms with Crippen LogP contribution in [0.2, 0.25) is 0 Å². The summed E-state index contributed by atoms with van der Waals surface area (Å²) in [5.41, 5.74) is 1.08. The van der Waals surface area contributed by atoms with Crippen LogP contribution < -0.4 is 0 Å². The maximum atomic E-state index is 11.1. The first kappa shape index (κ1) is 7.52. The van der Waals surface area contributed by atoms with E-state index in [1.807, 2.05) is 0 Å². The lowest BCUT2D eigenvalue weighted by Crippen LogP contribution is -2.07. The van der Waals surface area contributed by atoms with Crippen LogP contribution in [0.4, 0.5) is 0 Å². The van der Waals surface area contributed by atoms with Crippen LogP contribution >= 0.6 is 0 Å². The maximum Gasteiger partial charge on any atom is 0.158 e. The van der Waals surface area contributed by atoms with Crippen LogP contribution in [0.25, 0.3) is 0 Å². The first-order valence-corrected chi connectivity index (χ1v) is 4.07. The average molecular weight is 138 g/mol. The van der Waals surface area contributed by atoms with Gasteiger partial charge in [-0.2, -0.15) is 0 Å². The minimum absolute atomic E-state index is 0.383. The SMILES string of the molecule is CC/C=C1/CCCCC1=O. The molecule has 0 saturated heterocycles. The Morgan fingerprint density at radius 3 is 2.70 bits per heavy atom. The summed E-state index contributed by atoms with van der Waals surface area (Å²) in [5, 5.41) is 0. The molecule has 0 aromatic rings. The summed E-state index contributed by atoms with van der Waals surface area (Å²) >= 11 is 0. The van der Waals surface area contributed by atoms with Crippen LogP contribution in [0.3, 0.4) is 0 Å². The molecule has 0 unspecified atom stereocenters. The number of allylic oxidation sites excluding steroid dienone is 2. The molecule has 1 fully saturated rings. The molecule has 56 valence electrons. The summed E-state index contributed by atoms with van der Waals surface area (Å²) in [6.45, 7) is 2.08. The highest BCUT2D eigenvalue weighted by molar-refractivity contribution is 5.95. The third kappa shape index (κ3) is 1.69. The smallest absolute Gasteiger partial charge is 0.158 e. The summed E-state index contributed by atoms with van der Waals surface area (Å²) in [4.78, 5) is 11.1. The van der Waals surface area contributed by atoms with E-state index in [4.69, 9.17) is 0 Å². The van der Waals surface area contributed by atoms with Crippen molar-refractivity contribution in [2.75, 3.05) is 0 Å². The Bertz CT molecular complexity index is 156. The fraction of sp³-hybridized carbons (Fsp3) is 0.667. The zero-order valence-electron chi connectivity index (χ0n) is 6.52. The number of hydrogen-bond acceptors (Lipinski definition) is 1. The zero-order chi connectivity index (χ0) is 7.40. The molecule has 0 aliphatic heterocycles. The second-order valence-corrected chi connectivity index (χ2v) is 2.77. The number of Topliss-reactive ketones (excluding diaryl/α,β-unsaturated/α-hetero) is 1. The van der Waals surface area contributed by atoms with E-state index < -0.39 is 0 Å². The fourth-order valence-electron chi connectivity index (χ4n) is 1.36. The molecular weight excluding hydrogens is 124 g/mol. The number of rotatable bonds is 1. The Morgan fingerprint density at radius 2 is 2.10 bits per heavy atom. The summed E-state index contributed by atoms with van der Waals surface area (Å²) in [7, 11) is 0. The van der Waals surface area contributed by atoms with Crippen LogP contribution in [-0.2, 0) is 4.79 Å². The normalized spacial score (nSPS) is 23.7. The molecule has 0 aromatic heterocycles. The molecule has 0 heterocycles. The highest BCUT2D eigenvalue weighted by atomic mass is 16.1. The van der Waals surface area contributed by atoms with Crippen molar-refractivity contribution in [3.8, 4) is 0 Å². The summed E-state index contributed by atoms with van der Waals surface area (Å²) in [6, 6.07) is 0. The van der Waals surface area contributed by atoms with Gasteiger partial charge in [0.1, 0.15) is 0 Å². The Kier molecular flexibility index (Phi) is 2.67. The van der Waals surface area contributed by atoms with Gasteiger partial charge in [-0.3, -0.25) is 4.79 Å². The molecule has 0 radical (unpaired) electrons. The zero-order valence-corrected chi connectivity index (χ0v) is 6.52. The Labute approximate surface area is 62.1 Å². The van der Waals surface area contributed by atoms with Crippen LogP contribution in [0.15, 0.2) is 11.6 Å².